The van der Waals surface area contributed by atoms with E-state index >= 15 is 0 Å². The Kier molecular flexibility index (Phi) is 6.39. The lowest BCUT2D eigenvalue weighted by atomic mass is 9.97. The number of benzene rings is 1. The average Bonchev–Trinajstić information content (AvgIpc) is 3.21. The van der Waals surface area contributed by atoms with E-state index in [2.05, 4.69) is 10.1 Å². The zero-order valence-corrected chi connectivity index (χ0v) is 15.4. The summed E-state index contributed by atoms with van der Waals surface area (Å²) in [5.41, 5.74) is 0.480. The summed E-state index contributed by atoms with van der Waals surface area (Å²) in [4.78, 5) is 27.4. The highest BCUT2D eigenvalue weighted by molar-refractivity contribution is 7.12. The second-order valence-corrected chi connectivity index (χ2v) is 7.22. The van der Waals surface area contributed by atoms with E-state index in [4.69, 9.17) is 0 Å². The molecule has 144 valence electrons. The Hall–Kier alpha value is -2.48. The topological polar surface area (TPSA) is 58.6 Å². The summed E-state index contributed by atoms with van der Waals surface area (Å²) in [7, 11) is 0. The molecule has 1 unspecified atom stereocenters. The van der Waals surface area contributed by atoms with Gasteiger partial charge in [-0.1, -0.05) is 24.3 Å². The lowest BCUT2D eigenvalue weighted by molar-refractivity contribution is -0.126. The van der Waals surface area contributed by atoms with Crippen molar-refractivity contribution in [3.05, 3.63) is 52.2 Å². The molecule has 2 amide bonds. The SMILES string of the molecule is O=C(NCc1ccccc1OC(F)F)C1CCCN(C(=O)c2cccs2)C1. The van der Waals surface area contributed by atoms with Crippen LogP contribution in [-0.2, 0) is 11.3 Å². The molecule has 1 aromatic carbocycles. The van der Waals surface area contributed by atoms with E-state index in [1.54, 1.807) is 29.2 Å². The van der Waals surface area contributed by atoms with Gasteiger partial charge >= 0.3 is 6.61 Å². The van der Waals surface area contributed by atoms with Crippen molar-refractivity contribution in [1.82, 2.24) is 10.2 Å². The van der Waals surface area contributed by atoms with Crippen molar-refractivity contribution in [1.29, 1.82) is 0 Å². The summed E-state index contributed by atoms with van der Waals surface area (Å²) in [5, 5.41) is 4.62. The fourth-order valence-electron chi connectivity index (χ4n) is 3.12. The molecule has 5 nitrogen and oxygen atoms in total. The Morgan fingerprint density at radius 1 is 1.26 bits per heavy atom. The lowest BCUT2D eigenvalue weighted by Crippen LogP contribution is -2.45. The number of halogens is 2. The summed E-state index contributed by atoms with van der Waals surface area (Å²) in [6, 6.07) is 9.96. The third-order valence-electron chi connectivity index (χ3n) is 4.45. The monoisotopic (exact) mass is 394 g/mol. The molecule has 1 fully saturated rings. The summed E-state index contributed by atoms with van der Waals surface area (Å²) >= 11 is 1.38. The van der Waals surface area contributed by atoms with Gasteiger partial charge in [-0.2, -0.15) is 8.78 Å². The number of likely N-dealkylation sites (tertiary alicyclic amines) is 1. The van der Waals surface area contributed by atoms with E-state index in [0.29, 0.717) is 30.0 Å². The van der Waals surface area contributed by atoms with Gasteiger partial charge in [-0.05, 0) is 30.4 Å². The maximum atomic E-state index is 12.5. The van der Waals surface area contributed by atoms with Crippen molar-refractivity contribution in [2.24, 2.45) is 5.92 Å². The van der Waals surface area contributed by atoms with Crippen molar-refractivity contribution < 1.29 is 23.1 Å². The molecular formula is C19H20F2N2O3S. The minimum atomic E-state index is -2.92. The molecule has 0 saturated carbocycles. The van der Waals surface area contributed by atoms with Crippen LogP contribution in [0.25, 0.3) is 0 Å². The summed E-state index contributed by atoms with van der Waals surface area (Å²) < 4.78 is 29.4. The first kappa shape index (κ1) is 19.3. The van der Waals surface area contributed by atoms with Crippen LogP contribution in [-0.4, -0.2) is 36.4 Å². The molecule has 0 radical (unpaired) electrons. The van der Waals surface area contributed by atoms with Gasteiger partial charge in [-0.15, -0.1) is 11.3 Å². The number of hydrogen-bond donors (Lipinski definition) is 1. The van der Waals surface area contributed by atoms with Crippen LogP contribution in [0.3, 0.4) is 0 Å². The van der Waals surface area contributed by atoms with Crippen LogP contribution >= 0.6 is 11.3 Å². The quantitative estimate of drug-likeness (QED) is 0.816. The molecule has 0 spiro atoms. The first-order valence-electron chi connectivity index (χ1n) is 8.68. The highest BCUT2D eigenvalue weighted by Gasteiger charge is 2.29. The van der Waals surface area contributed by atoms with Gasteiger partial charge in [0.15, 0.2) is 0 Å². The first-order chi connectivity index (χ1) is 13.0. The molecule has 2 heterocycles. The molecule has 3 rings (SSSR count). The number of rotatable bonds is 6. The summed E-state index contributed by atoms with van der Waals surface area (Å²) in [6.45, 7) is -1.84. The van der Waals surface area contributed by atoms with E-state index in [-0.39, 0.29) is 30.0 Å². The molecule has 1 aromatic heterocycles. The van der Waals surface area contributed by atoms with Crippen LogP contribution < -0.4 is 10.1 Å². The Labute approximate surface area is 159 Å². The standard InChI is InChI=1S/C19H20F2N2O3S/c20-19(21)26-15-7-2-1-5-13(15)11-22-17(24)14-6-3-9-23(12-14)18(25)16-8-4-10-27-16/h1-2,4-5,7-8,10,14,19H,3,6,9,11-12H2,(H,22,24). The molecule has 1 N–H and O–H groups in total. The predicted molar refractivity (Wildman–Crippen MR) is 97.9 cm³/mol. The summed E-state index contributed by atoms with van der Waals surface area (Å²) in [5.74, 6) is -0.513. The lowest BCUT2D eigenvalue weighted by Gasteiger charge is -2.31. The van der Waals surface area contributed by atoms with Crippen LogP contribution in [0.15, 0.2) is 41.8 Å². The minimum Gasteiger partial charge on any atom is -0.434 e. The Bertz CT molecular complexity index is 783. The zero-order valence-electron chi connectivity index (χ0n) is 14.6. The number of para-hydroxylation sites is 1. The highest BCUT2D eigenvalue weighted by atomic mass is 32.1. The molecule has 0 aliphatic carbocycles. The fraction of sp³-hybridized carbons (Fsp3) is 0.368. The third-order valence-corrected chi connectivity index (χ3v) is 5.31. The summed E-state index contributed by atoms with van der Waals surface area (Å²) in [6.07, 6.45) is 1.44. The average molecular weight is 394 g/mol. The number of thiophene rings is 1. The number of hydrogen-bond acceptors (Lipinski definition) is 4. The Balaban J connectivity index is 1.57. The van der Waals surface area contributed by atoms with Crippen molar-refractivity contribution >= 4 is 23.2 Å². The van der Waals surface area contributed by atoms with Gasteiger partial charge in [0.05, 0.1) is 10.8 Å². The number of ether oxygens (including phenoxy) is 1. The maximum Gasteiger partial charge on any atom is 0.387 e. The second kappa shape index (κ2) is 8.94. The number of piperidine rings is 1. The van der Waals surface area contributed by atoms with Crippen molar-refractivity contribution in [3.63, 3.8) is 0 Å². The van der Waals surface area contributed by atoms with E-state index in [0.717, 1.165) is 6.42 Å². The number of nitrogens with one attached hydrogen (secondary N) is 1. The number of carbonyl (C=O) groups excluding carboxylic acids is 2. The Morgan fingerprint density at radius 2 is 2.07 bits per heavy atom. The van der Waals surface area contributed by atoms with Crippen molar-refractivity contribution in [3.8, 4) is 5.75 Å². The highest BCUT2D eigenvalue weighted by Crippen LogP contribution is 2.22. The van der Waals surface area contributed by atoms with Gasteiger partial charge in [0.25, 0.3) is 5.91 Å². The molecule has 0 bridgehead atoms. The number of amides is 2. The molecule has 1 atom stereocenters. The molecule has 1 aliphatic rings. The van der Waals surface area contributed by atoms with E-state index in [1.807, 2.05) is 11.4 Å². The van der Waals surface area contributed by atoms with Gasteiger partial charge in [-0.25, -0.2) is 0 Å². The molecular weight excluding hydrogens is 374 g/mol. The van der Waals surface area contributed by atoms with Crippen LogP contribution in [0.5, 0.6) is 5.75 Å². The van der Waals surface area contributed by atoms with Gasteiger partial charge in [-0.3, -0.25) is 9.59 Å². The largest absolute Gasteiger partial charge is 0.434 e. The maximum absolute atomic E-state index is 12.5. The van der Waals surface area contributed by atoms with Crippen molar-refractivity contribution in [2.45, 2.75) is 26.0 Å². The second-order valence-electron chi connectivity index (χ2n) is 6.27. The number of nitrogens with zero attached hydrogens (tertiary/aromatic N) is 1. The van der Waals surface area contributed by atoms with Gasteiger partial charge in [0.2, 0.25) is 5.91 Å². The predicted octanol–water partition coefficient (Wildman–Crippen LogP) is 3.52. The minimum absolute atomic E-state index is 0.0472. The Morgan fingerprint density at radius 3 is 2.81 bits per heavy atom. The number of carbonyl (C=O) groups is 2. The van der Waals surface area contributed by atoms with E-state index in [9.17, 15) is 18.4 Å². The van der Waals surface area contributed by atoms with Gasteiger partial charge < -0.3 is 15.0 Å². The smallest absolute Gasteiger partial charge is 0.387 e. The van der Waals surface area contributed by atoms with Crippen molar-refractivity contribution in [2.75, 3.05) is 13.1 Å². The van der Waals surface area contributed by atoms with Gasteiger partial charge in [0, 0.05) is 25.2 Å². The van der Waals surface area contributed by atoms with Crippen LogP contribution in [0.1, 0.15) is 28.1 Å². The molecule has 2 aromatic rings. The molecule has 1 saturated heterocycles. The normalized spacial score (nSPS) is 17.0. The molecule has 27 heavy (non-hydrogen) atoms. The van der Waals surface area contributed by atoms with Crippen LogP contribution in [0, 0.1) is 5.92 Å². The zero-order chi connectivity index (χ0) is 19.2. The van der Waals surface area contributed by atoms with Gasteiger partial charge in [0.1, 0.15) is 5.75 Å². The van der Waals surface area contributed by atoms with E-state index in [1.165, 1.54) is 17.4 Å². The van der Waals surface area contributed by atoms with E-state index < -0.39 is 6.61 Å². The molecule has 1 aliphatic heterocycles. The third kappa shape index (κ3) is 5.03. The fourth-order valence-corrected chi connectivity index (χ4v) is 3.81. The first-order valence-corrected chi connectivity index (χ1v) is 9.56. The van der Waals surface area contributed by atoms with Crippen LogP contribution in [0.2, 0.25) is 0 Å². The molecule has 8 heteroatoms. The van der Waals surface area contributed by atoms with Crippen LogP contribution in [0.4, 0.5) is 8.78 Å². The number of alkyl halides is 2.